The summed E-state index contributed by atoms with van der Waals surface area (Å²) in [6, 6.07) is 8.13. The highest BCUT2D eigenvalue weighted by atomic mass is 19.4. The fraction of sp³-hybridized carbons (Fsp3) is 0.571. The number of carbonyl (C=O) groups is 1. The molecule has 2 aromatic carbocycles. The molecule has 1 amide bonds. The molecule has 51 heavy (non-hydrogen) atoms. The number of hydrogen-bond donors (Lipinski definition) is 3. The molecule has 2 saturated carbocycles. The molecular formula is C42H56F4N4O. The molecule has 3 N–H and O–H groups in total. The van der Waals surface area contributed by atoms with Gasteiger partial charge in [0.2, 0.25) is 0 Å². The van der Waals surface area contributed by atoms with Gasteiger partial charge < -0.3 is 15.5 Å². The number of carbonyl (C=O) groups excluding carboxylic acids is 1. The molecule has 2 aromatic rings. The first-order valence-electron chi connectivity index (χ1n) is 18.9. The van der Waals surface area contributed by atoms with Crippen LogP contribution in [-0.2, 0) is 6.54 Å². The van der Waals surface area contributed by atoms with Crippen molar-refractivity contribution in [3.8, 4) is 0 Å². The molecular weight excluding hydrogens is 652 g/mol. The first kappa shape index (κ1) is 38.8. The third kappa shape index (κ3) is 10.1. The first-order chi connectivity index (χ1) is 24.3. The number of halogens is 4. The lowest BCUT2D eigenvalue weighted by Crippen LogP contribution is -2.57. The predicted octanol–water partition coefficient (Wildman–Crippen LogP) is 10.8. The molecule has 5 nitrogen and oxygen atoms in total. The predicted molar refractivity (Wildman–Crippen MR) is 197 cm³/mol. The van der Waals surface area contributed by atoms with Crippen molar-refractivity contribution in [1.29, 1.82) is 5.41 Å². The zero-order chi connectivity index (χ0) is 36.8. The number of nitrogens with one attached hydrogen (secondary N) is 3. The summed E-state index contributed by atoms with van der Waals surface area (Å²) in [6.07, 6.45) is 11.4. The van der Waals surface area contributed by atoms with Crippen LogP contribution in [0.3, 0.4) is 0 Å². The molecule has 3 atom stereocenters. The van der Waals surface area contributed by atoms with Gasteiger partial charge in [0.25, 0.3) is 5.91 Å². The van der Waals surface area contributed by atoms with Gasteiger partial charge in [-0.25, -0.2) is 4.39 Å². The maximum absolute atomic E-state index is 15.2. The van der Waals surface area contributed by atoms with Crippen LogP contribution in [0.1, 0.15) is 142 Å². The van der Waals surface area contributed by atoms with Gasteiger partial charge in [-0.3, -0.25) is 10.2 Å². The van der Waals surface area contributed by atoms with Crippen molar-refractivity contribution < 1.29 is 22.4 Å². The van der Waals surface area contributed by atoms with Gasteiger partial charge in [-0.05, 0) is 117 Å². The number of piperidine rings is 1. The number of nitrogens with zero attached hydrogens (tertiary/aromatic N) is 1. The molecule has 2 unspecified atom stereocenters. The summed E-state index contributed by atoms with van der Waals surface area (Å²) < 4.78 is 59.7. The lowest BCUT2D eigenvalue weighted by molar-refractivity contribution is -0.177. The summed E-state index contributed by atoms with van der Waals surface area (Å²) in [5.41, 5.74) is 3.03. The number of amides is 1. The lowest BCUT2D eigenvalue weighted by atomic mass is 9.59. The highest BCUT2D eigenvalue weighted by Gasteiger charge is 2.55. The van der Waals surface area contributed by atoms with Gasteiger partial charge in [-0.15, -0.1) is 0 Å². The SMILES string of the molecule is C=C(C)/C=C\N(Cc1cc(C(=O)N[C@H](c2ccc(F)c(C)c2)C2CC2)cc(C2C(C(F)(F)F)NCCC23CCCCCCCCCC3)c1)C(C)=N. The van der Waals surface area contributed by atoms with E-state index in [4.69, 9.17) is 5.41 Å². The lowest BCUT2D eigenvalue weighted by Gasteiger charge is -2.50. The average Bonchev–Trinajstić information content (AvgIpc) is 3.92. The Morgan fingerprint density at radius 3 is 2.24 bits per heavy atom. The third-order valence-corrected chi connectivity index (χ3v) is 11.3. The summed E-state index contributed by atoms with van der Waals surface area (Å²) in [4.78, 5) is 16.0. The minimum absolute atomic E-state index is 0.206. The van der Waals surface area contributed by atoms with Crippen LogP contribution in [-0.4, -0.2) is 35.4 Å². The molecule has 9 heteroatoms. The minimum Gasteiger partial charge on any atom is -0.345 e. The van der Waals surface area contributed by atoms with E-state index < -0.39 is 23.6 Å². The van der Waals surface area contributed by atoms with E-state index in [0.717, 1.165) is 75.3 Å². The Kier molecular flexibility index (Phi) is 12.9. The fourth-order valence-corrected chi connectivity index (χ4v) is 8.46. The van der Waals surface area contributed by atoms with Crippen LogP contribution in [0.25, 0.3) is 0 Å². The van der Waals surface area contributed by atoms with Crippen molar-refractivity contribution in [3.05, 3.63) is 94.5 Å². The number of benzene rings is 2. The normalized spacial score (nSPS) is 22.3. The highest BCUT2D eigenvalue weighted by Crippen LogP contribution is 2.54. The second-order valence-corrected chi connectivity index (χ2v) is 15.5. The van der Waals surface area contributed by atoms with E-state index in [1.54, 1.807) is 55.3 Å². The molecule has 0 aromatic heterocycles. The third-order valence-electron chi connectivity index (χ3n) is 11.3. The standard InChI is InChI=1S/C42H56F4N4O/c1-28(2)17-22-50(30(4)47)27-31-24-34(26-35(25-31)40(51)49-38(32-13-14-32)33-15-16-36(43)29(3)23-33)37-39(42(44,45)46)48-21-20-41(37)18-11-9-7-5-6-8-10-12-19-41/h15-17,22-26,32,37-39,47-48H,1,5-14,18-21,27H2,2-4H3,(H,49,51)/b22-17-,47-30?/t37?,38-,39?/m0/s1. The van der Waals surface area contributed by atoms with Crippen molar-refractivity contribution in [1.82, 2.24) is 15.5 Å². The molecule has 3 aliphatic rings. The summed E-state index contributed by atoms with van der Waals surface area (Å²) in [6.45, 7) is 9.66. The van der Waals surface area contributed by atoms with Crippen molar-refractivity contribution in [3.63, 3.8) is 0 Å². The Labute approximate surface area is 301 Å². The molecule has 5 rings (SSSR count). The Morgan fingerprint density at radius 1 is 1.02 bits per heavy atom. The molecule has 278 valence electrons. The molecule has 2 aliphatic carbocycles. The topological polar surface area (TPSA) is 68.2 Å². The van der Waals surface area contributed by atoms with E-state index in [9.17, 15) is 9.18 Å². The van der Waals surface area contributed by atoms with E-state index in [0.29, 0.717) is 35.2 Å². The van der Waals surface area contributed by atoms with Gasteiger partial charge in [-0.1, -0.05) is 81.7 Å². The maximum Gasteiger partial charge on any atom is 0.404 e. The zero-order valence-corrected chi connectivity index (χ0v) is 30.6. The number of amidine groups is 1. The second kappa shape index (κ2) is 16.9. The highest BCUT2D eigenvalue weighted by molar-refractivity contribution is 5.95. The van der Waals surface area contributed by atoms with Crippen molar-refractivity contribution >= 4 is 11.7 Å². The Balaban J connectivity index is 1.61. The van der Waals surface area contributed by atoms with Crippen LogP contribution in [0.2, 0.25) is 0 Å². The molecule has 0 radical (unpaired) electrons. The van der Waals surface area contributed by atoms with Gasteiger partial charge in [0.1, 0.15) is 11.9 Å². The van der Waals surface area contributed by atoms with Crippen LogP contribution in [0.4, 0.5) is 17.6 Å². The Bertz CT molecular complexity index is 1570. The van der Waals surface area contributed by atoms with E-state index in [2.05, 4.69) is 17.2 Å². The van der Waals surface area contributed by atoms with E-state index in [1.165, 1.54) is 18.9 Å². The number of alkyl halides is 3. The van der Waals surface area contributed by atoms with E-state index in [1.807, 2.05) is 13.0 Å². The number of allylic oxidation sites excluding steroid dienone is 2. The monoisotopic (exact) mass is 708 g/mol. The summed E-state index contributed by atoms with van der Waals surface area (Å²) in [7, 11) is 0. The number of hydrogen-bond acceptors (Lipinski definition) is 3. The zero-order valence-electron chi connectivity index (χ0n) is 30.6. The summed E-state index contributed by atoms with van der Waals surface area (Å²) in [5.74, 6) is -1.09. The molecule has 1 aliphatic heterocycles. The van der Waals surface area contributed by atoms with Gasteiger partial charge in [-0.2, -0.15) is 13.2 Å². The summed E-state index contributed by atoms with van der Waals surface area (Å²) >= 11 is 0. The second-order valence-electron chi connectivity index (χ2n) is 15.5. The fourth-order valence-electron chi connectivity index (χ4n) is 8.46. The first-order valence-corrected chi connectivity index (χ1v) is 18.9. The molecule has 1 saturated heterocycles. The summed E-state index contributed by atoms with van der Waals surface area (Å²) in [5, 5.41) is 14.5. The van der Waals surface area contributed by atoms with Gasteiger partial charge in [0.15, 0.2) is 0 Å². The van der Waals surface area contributed by atoms with Crippen molar-refractivity contribution in [2.75, 3.05) is 6.54 Å². The van der Waals surface area contributed by atoms with Crippen LogP contribution in [0, 0.1) is 29.5 Å². The number of rotatable bonds is 9. The van der Waals surface area contributed by atoms with E-state index in [-0.39, 0.29) is 36.1 Å². The molecule has 0 bridgehead atoms. The number of aryl methyl sites for hydroxylation is 1. The maximum atomic E-state index is 15.2. The average molecular weight is 709 g/mol. The molecule has 1 spiro atoms. The Hall–Kier alpha value is -3.46. The van der Waals surface area contributed by atoms with Crippen molar-refractivity contribution in [2.45, 2.75) is 135 Å². The van der Waals surface area contributed by atoms with Crippen LogP contribution < -0.4 is 10.6 Å². The molecule has 1 heterocycles. The van der Waals surface area contributed by atoms with Crippen LogP contribution in [0.5, 0.6) is 0 Å². The van der Waals surface area contributed by atoms with Crippen molar-refractivity contribution in [2.24, 2.45) is 11.3 Å². The minimum atomic E-state index is -4.48. The largest absolute Gasteiger partial charge is 0.404 e. The van der Waals surface area contributed by atoms with Gasteiger partial charge >= 0.3 is 6.18 Å². The van der Waals surface area contributed by atoms with E-state index >= 15 is 13.2 Å². The van der Waals surface area contributed by atoms with Gasteiger partial charge in [0.05, 0.1) is 11.9 Å². The van der Waals surface area contributed by atoms with Gasteiger partial charge in [0, 0.05) is 24.2 Å². The quantitative estimate of drug-likeness (QED) is 0.105. The van der Waals surface area contributed by atoms with Crippen LogP contribution in [0.15, 0.2) is 60.8 Å². The van der Waals surface area contributed by atoms with Crippen LogP contribution >= 0.6 is 0 Å². The molecule has 3 fully saturated rings. The smallest absolute Gasteiger partial charge is 0.345 e. The Morgan fingerprint density at radius 2 is 1.67 bits per heavy atom.